The molecule has 0 saturated carbocycles. The third-order valence-corrected chi connectivity index (χ3v) is 4.38. The molecule has 1 atom stereocenters. The molecule has 6 heteroatoms. The summed E-state index contributed by atoms with van der Waals surface area (Å²) in [5.74, 6) is 0.176. The molecule has 5 nitrogen and oxygen atoms in total. The molecular weight excluding hydrogens is 338 g/mol. The lowest BCUT2D eigenvalue weighted by Gasteiger charge is -2.21. The monoisotopic (exact) mass is 359 g/mol. The van der Waals surface area contributed by atoms with Gasteiger partial charge in [-0.05, 0) is 42.2 Å². The summed E-state index contributed by atoms with van der Waals surface area (Å²) in [5.41, 5.74) is 2.30. The first-order valence-electron chi connectivity index (χ1n) is 8.48. The molecule has 25 heavy (non-hydrogen) atoms. The Morgan fingerprint density at radius 2 is 2.00 bits per heavy atom. The van der Waals surface area contributed by atoms with Crippen LogP contribution in [-0.4, -0.2) is 16.1 Å². The number of rotatable bonds is 7. The van der Waals surface area contributed by atoms with Gasteiger partial charge in [-0.1, -0.05) is 37.6 Å². The van der Waals surface area contributed by atoms with Crippen LogP contribution in [0.2, 0.25) is 5.02 Å². The van der Waals surface area contributed by atoms with Gasteiger partial charge in [0, 0.05) is 30.4 Å². The predicted molar refractivity (Wildman–Crippen MR) is 99.9 cm³/mol. The maximum absolute atomic E-state index is 12.0. The summed E-state index contributed by atoms with van der Waals surface area (Å²) < 4.78 is 6.79. The summed E-state index contributed by atoms with van der Waals surface area (Å²) in [7, 11) is 0. The van der Waals surface area contributed by atoms with Crippen molar-refractivity contribution in [2.45, 2.75) is 32.9 Å². The van der Waals surface area contributed by atoms with E-state index in [0.717, 1.165) is 11.4 Å². The van der Waals surface area contributed by atoms with E-state index in [-0.39, 0.29) is 11.8 Å². The number of hydrogen-bond donors (Lipinski definition) is 1. The van der Waals surface area contributed by atoms with Crippen LogP contribution in [-0.2, 0) is 6.54 Å². The minimum Gasteiger partial charge on any atom is -0.406 e. The van der Waals surface area contributed by atoms with Gasteiger partial charge >= 0.3 is 5.76 Å². The van der Waals surface area contributed by atoms with Crippen molar-refractivity contribution in [3.63, 3.8) is 0 Å². The van der Waals surface area contributed by atoms with Gasteiger partial charge in [0.05, 0.1) is 0 Å². The normalized spacial score (nSPS) is 12.8. The summed E-state index contributed by atoms with van der Waals surface area (Å²) in [6, 6.07) is 11.6. The highest BCUT2D eigenvalue weighted by molar-refractivity contribution is 6.30. The standard InChI is InChI=1S/C19H22ClN3O2/c1-13(2)12-16(14-5-7-15(20)8-6-14)21-10-11-23-18-17(25-19(23)24)4-3-9-22-18/h3-9,13,16,21H,10-12H2,1-2H3. The van der Waals surface area contributed by atoms with Crippen molar-refractivity contribution >= 4 is 22.8 Å². The SMILES string of the molecule is CC(C)CC(NCCn1c(=O)oc2cccnc21)c1ccc(Cl)cc1. The van der Waals surface area contributed by atoms with Crippen molar-refractivity contribution in [1.82, 2.24) is 14.9 Å². The fourth-order valence-corrected chi connectivity index (χ4v) is 3.08. The average Bonchev–Trinajstić information content (AvgIpc) is 2.90. The molecule has 0 saturated heterocycles. The summed E-state index contributed by atoms with van der Waals surface area (Å²) in [4.78, 5) is 16.3. The van der Waals surface area contributed by atoms with Crippen molar-refractivity contribution < 1.29 is 4.42 Å². The summed E-state index contributed by atoms with van der Waals surface area (Å²) >= 11 is 5.99. The summed E-state index contributed by atoms with van der Waals surface area (Å²) in [6.07, 6.45) is 2.66. The van der Waals surface area contributed by atoms with E-state index in [9.17, 15) is 4.79 Å². The van der Waals surface area contributed by atoms with Crippen molar-refractivity contribution in [3.05, 3.63) is 63.7 Å². The molecule has 0 amide bonds. The highest BCUT2D eigenvalue weighted by Crippen LogP contribution is 2.22. The van der Waals surface area contributed by atoms with Crippen LogP contribution < -0.4 is 11.1 Å². The topological polar surface area (TPSA) is 60.1 Å². The molecule has 0 aliphatic carbocycles. The molecule has 0 radical (unpaired) electrons. The second-order valence-corrected chi connectivity index (χ2v) is 6.97. The number of oxazole rings is 1. The molecule has 132 valence electrons. The van der Waals surface area contributed by atoms with Crippen LogP contribution in [0.25, 0.3) is 11.2 Å². The Balaban J connectivity index is 1.71. The second-order valence-electron chi connectivity index (χ2n) is 6.53. The Morgan fingerprint density at radius 1 is 1.24 bits per heavy atom. The Bertz CT molecular complexity index is 884. The van der Waals surface area contributed by atoms with Crippen molar-refractivity contribution in [1.29, 1.82) is 0 Å². The van der Waals surface area contributed by atoms with Crippen LogP contribution in [0.15, 0.2) is 51.8 Å². The van der Waals surface area contributed by atoms with Crippen molar-refractivity contribution in [3.8, 4) is 0 Å². The third kappa shape index (κ3) is 4.30. The molecule has 3 aromatic rings. The molecule has 0 aliphatic rings. The van der Waals surface area contributed by atoms with Crippen LogP contribution in [0.5, 0.6) is 0 Å². The Hall–Kier alpha value is -2.11. The van der Waals surface area contributed by atoms with Gasteiger partial charge < -0.3 is 9.73 Å². The number of halogens is 1. The molecule has 1 aromatic carbocycles. The summed E-state index contributed by atoms with van der Waals surface area (Å²) in [6.45, 7) is 5.54. The van der Waals surface area contributed by atoms with Crippen LogP contribution in [0.4, 0.5) is 0 Å². The lowest BCUT2D eigenvalue weighted by molar-refractivity contribution is 0.413. The first-order chi connectivity index (χ1) is 12.0. The van der Waals surface area contributed by atoms with Gasteiger partial charge in [-0.15, -0.1) is 0 Å². The second kappa shape index (κ2) is 7.85. The molecular formula is C19H22ClN3O2. The van der Waals surface area contributed by atoms with Crippen LogP contribution >= 0.6 is 11.6 Å². The smallest absolute Gasteiger partial charge is 0.406 e. The van der Waals surface area contributed by atoms with Gasteiger partial charge in [0.2, 0.25) is 0 Å². The molecule has 1 N–H and O–H groups in total. The minimum atomic E-state index is -0.373. The Labute approximate surface area is 151 Å². The molecule has 2 heterocycles. The summed E-state index contributed by atoms with van der Waals surface area (Å²) in [5, 5.41) is 4.28. The molecule has 1 unspecified atom stereocenters. The van der Waals surface area contributed by atoms with E-state index in [1.165, 1.54) is 5.56 Å². The molecule has 2 aromatic heterocycles. The van der Waals surface area contributed by atoms with E-state index < -0.39 is 0 Å². The van der Waals surface area contributed by atoms with Gasteiger partial charge in [0.1, 0.15) is 0 Å². The molecule has 3 rings (SSSR count). The predicted octanol–water partition coefficient (Wildman–Crippen LogP) is 4.02. The average molecular weight is 360 g/mol. The number of aromatic nitrogens is 2. The Morgan fingerprint density at radius 3 is 2.72 bits per heavy atom. The third-order valence-electron chi connectivity index (χ3n) is 4.13. The fraction of sp³-hybridized carbons (Fsp3) is 0.368. The van der Waals surface area contributed by atoms with E-state index in [4.69, 9.17) is 16.0 Å². The lowest BCUT2D eigenvalue weighted by atomic mass is 9.97. The van der Waals surface area contributed by atoms with E-state index >= 15 is 0 Å². The van der Waals surface area contributed by atoms with Crippen LogP contribution in [0, 0.1) is 5.92 Å². The maximum atomic E-state index is 12.0. The first-order valence-corrected chi connectivity index (χ1v) is 8.85. The fourth-order valence-electron chi connectivity index (χ4n) is 2.95. The van der Waals surface area contributed by atoms with Crippen molar-refractivity contribution in [2.75, 3.05) is 6.54 Å². The molecule has 0 fully saturated rings. The molecule has 0 bridgehead atoms. The number of nitrogens with one attached hydrogen (secondary N) is 1. The minimum absolute atomic E-state index is 0.207. The number of nitrogens with zero attached hydrogens (tertiary/aromatic N) is 2. The van der Waals surface area contributed by atoms with E-state index in [0.29, 0.717) is 30.2 Å². The largest absolute Gasteiger partial charge is 0.421 e. The van der Waals surface area contributed by atoms with E-state index in [1.807, 2.05) is 24.3 Å². The highest BCUT2D eigenvalue weighted by Gasteiger charge is 2.14. The maximum Gasteiger partial charge on any atom is 0.421 e. The van der Waals surface area contributed by atoms with Gasteiger partial charge in [0.25, 0.3) is 0 Å². The number of fused-ring (bicyclic) bond motifs is 1. The lowest BCUT2D eigenvalue weighted by Crippen LogP contribution is -2.29. The number of benzene rings is 1. The Kier molecular flexibility index (Phi) is 5.56. The first kappa shape index (κ1) is 17.7. The van der Waals surface area contributed by atoms with Gasteiger partial charge in [-0.2, -0.15) is 0 Å². The number of hydrogen-bond acceptors (Lipinski definition) is 4. The highest BCUT2D eigenvalue weighted by atomic mass is 35.5. The van der Waals surface area contributed by atoms with Gasteiger partial charge in [0.15, 0.2) is 11.2 Å². The van der Waals surface area contributed by atoms with E-state index in [1.54, 1.807) is 22.9 Å². The van der Waals surface area contributed by atoms with E-state index in [2.05, 4.69) is 24.1 Å². The zero-order valence-corrected chi connectivity index (χ0v) is 15.2. The number of pyridine rings is 1. The van der Waals surface area contributed by atoms with Crippen molar-refractivity contribution in [2.24, 2.45) is 5.92 Å². The van der Waals surface area contributed by atoms with Crippen LogP contribution in [0.1, 0.15) is 31.9 Å². The molecule has 0 aliphatic heterocycles. The zero-order valence-electron chi connectivity index (χ0n) is 14.4. The van der Waals surface area contributed by atoms with Gasteiger partial charge in [-0.25, -0.2) is 9.78 Å². The zero-order chi connectivity index (χ0) is 17.8. The van der Waals surface area contributed by atoms with Gasteiger partial charge in [-0.3, -0.25) is 4.57 Å². The van der Waals surface area contributed by atoms with Crippen LogP contribution in [0.3, 0.4) is 0 Å². The quantitative estimate of drug-likeness (QED) is 0.692. The molecule has 0 spiro atoms.